The molecular weight excluding hydrogens is 296 g/mol. The molecule has 22 heavy (non-hydrogen) atoms. The van der Waals surface area contributed by atoms with Gasteiger partial charge in [-0.25, -0.2) is 4.98 Å². The molecule has 1 N–H and O–H groups in total. The number of ether oxygens (including phenoxy) is 1. The molecule has 0 saturated carbocycles. The zero-order valence-electron chi connectivity index (χ0n) is 13.5. The number of hydrogen-bond acceptors (Lipinski definition) is 4. The van der Waals surface area contributed by atoms with Gasteiger partial charge in [-0.05, 0) is 43.5 Å². The number of thiazole rings is 1. The molecule has 0 atom stereocenters. The molecule has 0 aliphatic carbocycles. The second-order valence-corrected chi connectivity index (χ2v) is 6.84. The van der Waals surface area contributed by atoms with Gasteiger partial charge in [0, 0.05) is 16.9 Å². The number of aryl methyl sites for hydroxylation is 1. The van der Waals surface area contributed by atoms with E-state index in [-0.39, 0.29) is 5.91 Å². The van der Waals surface area contributed by atoms with Gasteiger partial charge in [0.1, 0.15) is 5.75 Å². The second kappa shape index (κ2) is 7.40. The summed E-state index contributed by atoms with van der Waals surface area (Å²) in [4.78, 5) is 17.5. The summed E-state index contributed by atoms with van der Waals surface area (Å²) in [5.41, 5.74) is 1.93. The molecule has 0 aliphatic rings. The number of methoxy groups -OCH3 is 1. The summed E-state index contributed by atoms with van der Waals surface area (Å²) in [6.07, 6.45) is 1.43. The largest absolute Gasteiger partial charge is 0.497 e. The van der Waals surface area contributed by atoms with Crippen molar-refractivity contribution in [3.05, 3.63) is 29.1 Å². The highest BCUT2D eigenvalue weighted by molar-refractivity contribution is 7.16. The minimum Gasteiger partial charge on any atom is -0.497 e. The summed E-state index contributed by atoms with van der Waals surface area (Å²) in [5.74, 6) is 1.38. The molecule has 118 valence electrons. The first-order valence-corrected chi connectivity index (χ1v) is 8.23. The summed E-state index contributed by atoms with van der Waals surface area (Å²) in [6, 6.07) is 7.78. The Morgan fingerprint density at radius 1 is 1.32 bits per heavy atom. The molecule has 0 radical (unpaired) electrons. The van der Waals surface area contributed by atoms with Gasteiger partial charge in [-0.2, -0.15) is 0 Å². The first-order valence-electron chi connectivity index (χ1n) is 7.41. The van der Waals surface area contributed by atoms with Crippen molar-refractivity contribution in [3.8, 4) is 17.0 Å². The quantitative estimate of drug-likeness (QED) is 0.853. The van der Waals surface area contributed by atoms with E-state index < -0.39 is 0 Å². The maximum absolute atomic E-state index is 11.9. The van der Waals surface area contributed by atoms with Gasteiger partial charge < -0.3 is 10.1 Å². The molecule has 1 aromatic carbocycles. The van der Waals surface area contributed by atoms with E-state index in [1.54, 1.807) is 7.11 Å². The number of anilines is 1. The van der Waals surface area contributed by atoms with E-state index in [0.29, 0.717) is 17.5 Å². The lowest BCUT2D eigenvalue weighted by Crippen LogP contribution is -2.11. The maximum Gasteiger partial charge on any atom is 0.226 e. The Morgan fingerprint density at radius 2 is 2.00 bits per heavy atom. The Balaban J connectivity index is 2.08. The highest BCUT2D eigenvalue weighted by atomic mass is 32.1. The Kier molecular flexibility index (Phi) is 5.55. The zero-order valence-corrected chi connectivity index (χ0v) is 14.3. The number of carbonyl (C=O) groups excluding carboxylic acids is 1. The smallest absolute Gasteiger partial charge is 0.226 e. The van der Waals surface area contributed by atoms with E-state index in [9.17, 15) is 4.79 Å². The molecule has 1 heterocycles. The number of benzene rings is 1. The van der Waals surface area contributed by atoms with Gasteiger partial charge >= 0.3 is 0 Å². The van der Waals surface area contributed by atoms with Gasteiger partial charge in [-0.15, -0.1) is 11.3 Å². The van der Waals surface area contributed by atoms with E-state index in [2.05, 4.69) is 24.1 Å². The average molecular weight is 318 g/mol. The van der Waals surface area contributed by atoms with E-state index in [0.717, 1.165) is 28.3 Å². The third-order valence-corrected chi connectivity index (χ3v) is 4.24. The minimum atomic E-state index is 0.0312. The van der Waals surface area contributed by atoms with Gasteiger partial charge in [-0.1, -0.05) is 13.8 Å². The van der Waals surface area contributed by atoms with Crippen molar-refractivity contribution in [2.45, 2.75) is 33.6 Å². The summed E-state index contributed by atoms with van der Waals surface area (Å²) < 4.78 is 5.16. The predicted molar refractivity (Wildman–Crippen MR) is 91.5 cm³/mol. The van der Waals surface area contributed by atoms with E-state index in [1.807, 2.05) is 31.2 Å². The van der Waals surface area contributed by atoms with E-state index >= 15 is 0 Å². The summed E-state index contributed by atoms with van der Waals surface area (Å²) in [6.45, 7) is 6.24. The normalized spacial score (nSPS) is 10.8. The van der Waals surface area contributed by atoms with Crippen LogP contribution in [0.3, 0.4) is 0 Å². The van der Waals surface area contributed by atoms with Crippen LogP contribution in [0.15, 0.2) is 24.3 Å². The predicted octanol–water partition coefficient (Wildman–Crippen LogP) is 4.50. The summed E-state index contributed by atoms with van der Waals surface area (Å²) in [5, 5.41) is 3.56. The van der Waals surface area contributed by atoms with Crippen LogP contribution < -0.4 is 10.1 Å². The number of nitrogens with zero attached hydrogens (tertiary/aromatic N) is 1. The molecule has 2 aromatic rings. The molecule has 1 aromatic heterocycles. The van der Waals surface area contributed by atoms with Gasteiger partial charge in [0.15, 0.2) is 5.13 Å². The van der Waals surface area contributed by atoms with Crippen molar-refractivity contribution in [2.24, 2.45) is 5.92 Å². The topological polar surface area (TPSA) is 51.2 Å². The SMILES string of the molecule is COc1ccc(-c2nc(NC(=O)CCC(C)C)sc2C)cc1. The molecule has 0 unspecified atom stereocenters. The third kappa shape index (κ3) is 4.31. The van der Waals surface area contributed by atoms with Gasteiger partial charge in [0.2, 0.25) is 5.91 Å². The molecule has 0 saturated heterocycles. The average Bonchev–Trinajstić information content (AvgIpc) is 2.85. The van der Waals surface area contributed by atoms with Crippen molar-refractivity contribution < 1.29 is 9.53 Å². The lowest BCUT2D eigenvalue weighted by Gasteiger charge is -2.04. The van der Waals surface area contributed by atoms with E-state index in [4.69, 9.17) is 4.74 Å². The standard InChI is InChI=1S/C17H22N2O2S/c1-11(2)5-10-15(20)18-17-19-16(12(3)22-17)13-6-8-14(21-4)9-7-13/h6-9,11H,5,10H2,1-4H3,(H,18,19,20). The maximum atomic E-state index is 11.9. The molecule has 0 spiro atoms. The lowest BCUT2D eigenvalue weighted by molar-refractivity contribution is -0.116. The first-order chi connectivity index (χ1) is 10.5. The van der Waals surface area contributed by atoms with Crippen LogP contribution in [0.25, 0.3) is 11.3 Å². The second-order valence-electron chi connectivity index (χ2n) is 5.63. The number of rotatable bonds is 6. The molecule has 0 fully saturated rings. The Bertz CT molecular complexity index is 633. The van der Waals surface area contributed by atoms with Gasteiger partial charge in [-0.3, -0.25) is 4.79 Å². The first kappa shape index (κ1) is 16.5. The Morgan fingerprint density at radius 3 is 2.59 bits per heavy atom. The molecule has 4 nitrogen and oxygen atoms in total. The number of nitrogens with one attached hydrogen (secondary N) is 1. The summed E-state index contributed by atoms with van der Waals surface area (Å²) >= 11 is 1.51. The van der Waals surface area contributed by atoms with Gasteiger partial charge in [0.25, 0.3) is 0 Å². The molecule has 0 bridgehead atoms. The van der Waals surface area contributed by atoms with Crippen molar-refractivity contribution in [3.63, 3.8) is 0 Å². The molecule has 5 heteroatoms. The van der Waals surface area contributed by atoms with Gasteiger partial charge in [0.05, 0.1) is 12.8 Å². The van der Waals surface area contributed by atoms with Crippen molar-refractivity contribution in [2.75, 3.05) is 12.4 Å². The van der Waals surface area contributed by atoms with Crippen LogP contribution in [0.5, 0.6) is 5.75 Å². The van der Waals surface area contributed by atoms with Crippen LogP contribution in [0.1, 0.15) is 31.6 Å². The molecule has 1 amide bonds. The van der Waals surface area contributed by atoms with Crippen molar-refractivity contribution >= 4 is 22.4 Å². The highest BCUT2D eigenvalue weighted by Crippen LogP contribution is 2.31. The number of aromatic nitrogens is 1. The Labute approximate surface area is 135 Å². The van der Waals surface area contributed by atoms with E-state index in [1.165, 1.54) is 11.3 Å². The van der Waals surface area contributed by atoms with Crippen LogP contribution in [0.4, 0.5) is 5.13 Å². The number of hydrogen-bond donors (Lipinski definition) is 1. The fourth-order valence-electron chi connectivity index (χ4n) is 2.07. The van der Waals surface area contributed by atoms with Crippen LogP contribution in [0, 0.1) is 12.8 Å². The minimum absolute atomic E-state index is 0.0312. The molecule has 0 aliphatic heterocycles. The number of carbonyl (C=O) groups is 1. The monoisotopic (exact) mass is 318 g/mol. The molecular formula is C17H22N2O2S. The van der Waals surface area contributed by atoms with Crippen LogP contribution >= 0.6 is 11.3 Å². The highest BCUT2D eigenvalue weighted by Gasteiger charge is 2.12. The third-order valence-electron chi connectivity index (χ3n) is 3.36. The van der Waals surface area contributed by atoms with Crippen molar-refractivity contribution in [1.82, 2.24) is 4.98 Å². The van der Waals surface area contributed by atoms with Crippen LogP contribution in [-0.4, -0.2) is 18.0 Å². The fraction of sp³-hybridized carbons (Fsp3) is 0.412. The Hall–Kier alpha value is -1.88. The molecule has 2 rings (SSSR count). The van der Waals surface area contributed by atoms with Crippen LogP contribution in [-0.2, 0) is 4.79 Å². The zero-order chi connectivity index (χ0) is 16.1. The van der Waals surface area contributed by atoms with Crippen molar-refractivity contribution in [1.29, 1.82) is 0 Å². The fourth-order valence-corrected chi connectivity index (χ4v) is 2.92. The number of amides is 1. The summed E-state index contributed by atoms with van der Waals surface area (Å²) in [7, 11) is 1.65. The lowest BCUT2D eigenvalue weighted by atomic mass is 10.1. The van der Waals surface area contributed by atoms with Crippen LogP contribution in [0.2, 0.25) is 0 Å².